The average molecular weight is 166 g/mol. The molecule has 0 aliphatic carbocycles. The Morgan fingerprint density at radius 3 is 3.33 bits per heavy atom. The number of nitrogens with two attached hydrogens (primary N) is 1. The third-order valence-electron chi connectivity index (χ3n) is 2.58. The molecule has 0 saturated heterocycles. The monoisotopic (exact) mass is 166 g/mol. The number of rotatable bonds is 1. The summed E-state index contributed by atoms with van der Waals surface area (Å²) < 4.78 is 2.13. The second-order valence-corrected chi connectivity index (χ2v) is 3.37. The first kappa shape index (κ1) is 7.73. The van der Waals surface area contributed by atoms with Crippen LogP contribution in [-0.2, 0) is 13.0 Å². The van der Waals surface area contributed by atoms with Crippen molar-refractivity contribution >= 4 is 0 Å². The summed E-state index contributed by atoms with van der Waals surface area (Å²) >= 11 is 0. The van der Waals surface area contributed by atoms with Crippen molar-refractivity contribution in [3.63, 3.8) is 0 Å². The summed E-state index contributed by atoms with van der Waals surface area (Å²) in [5, 5.41) is 7.94. The summed E-state index contributed by atoms with van der Waals surface area (Å²) in [7, 11) is 0. The molecule has 2 rings (SSSR count). The minimum absolute atomic E-state index is 0.673. The van der Waals surface area contributed by atoms with Gasteiger partial charge in [-0.1, -0.05) is 0 Å². The van der Waals surface area contributed by atoms with Crippen molar-refractivity contribution in [2.45, 2.75) is 25.8 Å². The van der Waals surface area contributed by atoms with Crippen LogP contribution in [0.5, 0.6) is 0 Å². The van der Waals surface area contributed by atoms with Crippen molar-refractivity contribution in [1.29, 1.82) is 0 Å². The smallest absolute Gasteiger partial charge is 0.132 e. The Bertz CT molecular complexity index is 233. The molecular weight excluding hydrogens is 152 g/mol. The highest BCUT2D eigenvalue weighted by atomic mass is 15.3. The van der Waals surface area contributed by atoms with Gasteiger partial charge in [-0.15, -0.1) is 10.2 Å². The third-order valence-corrected chi connectivity index (χ3v) is 2.58. The molecule has 1 aromatic rings. The molecule has 66 valence electrons. The lowest BCUT2D eigenvalue weighted by Crippen LogP contribution is -2.14. The summed E-state index contributed by atoms with van der Waals surface area (Å²) in [4.78, 5) is 0. The average Bonchev–Trinajstić information content (AvgIpc) is 2.46. The van der Waals surface area contributed by atoms with Crippen LogP contribution in [0.4, 0.5) is 0 Å². The molecule has 2 heterocycles. The maximum Gasteiger partial charge on any atom is 0.132 e. The van der Waals surface area contributed by atoms with Crippen molar-refractivity contribution in [2.75, 3.05) is 6.54 Å². The molecule has 0 radical (unpaired) electrons. The highest BCUT2D eigenvalue weighted by Crippen LogP contribution is 2.16. The predicted octanol–water partition coefficient (Wildman–Crippen LogP) is 0.189. The summed E-state index contributed by atoms with van der Waals surface area (Å²) in [5.41, 5.74) is 5.63. The molecule has 1 aliphatic rings. The van der Waals surface area contributed by atoms with E-state index in [1.54, 1.807) is 0 Å². The molecule has 0 fully saturated rings. The fourth-order valence-electron chi connectivity index (χ4n) is 1.69. The lowest BCUT2D eigenvalue weighted by Gasteiger charge is -2.08. The predicted molar refractivity (Wildman–Crippen MR) is 45.5 cm³/mol. The summed E-state index contributed by atoms with van der Waals surface area (Å²) in [6.45, 7) is 1.84. The van der Waals surface area contributed by atoms with Crippen LogP contribution >= 0.6 is 0 Å². The first-order valence-corrected chi connectivity index (χ1v) is 4.47. The van der Waals surface area contributed by atoms with Gasteiger partial charge in [0.1, 0.15) is 12.2 Å². The van der Waals surface area contributed by atoms with Crippen LogP contribution < -0.4 is 5.73 Å². The molecule has 2 N–H and O–H groups in total. The zero-order chi connectivity index (χ0) is 8.39. The second-order valence-electron chi connectivity index (χ2n) is 3.37. The number of aromatic nitrogens is 3. The largest absolute Gasteiger partial charge is 0.330 e. The van der Waals surface area contributed by atoms with Crippen LogP contribution in [0.3, 0.4) is 0 Å². The van der Waals surface area contributed by atoms with Gasteiger partial charge >= 0.3 is 0 Å². The van der Waals surface area contributed by atoms with E-state index in [1.807, 2.05) is 6.33 Å². The van der Waals surface area contributed by atoms with Crippen molar-refractivity contribution in [1.82, 2.24) is 14.8 Å². The van der Waals surface area contributed by atoms with Gasteiger partial charge < -0.3 is 10.3 Å². The van der Waals surface area contributed by atoms with Crippen molar-refractivity contribution < 1.29 is 0 Å². The summed E-state index contributed by atoms with van der Waals surface area (Å²) in [6, 6.07) is 0. The van der Waals surface area contributed by atoms with Gasteiger partial charge in [-0.25, -0.2) is 0 Å². The van der Waals surface area contributed by atoms with Crippen LogP contribution in [0, 0.1) is 5.92 Å². The van der Waals surface area contributed by atoms with Gasteiger partial charge in [0.25, 0.3) is 0 Å². The quantitative estimate of drug-likeness (QED) is 0.648. The molecule has 0 amide bonds. The first-order chi connectivity index (χ1) is 5.90. The third kappa shape index (κ3) is 1.34. The van der Waals surface area contributed by atoms with Crippen molar-refractivity contribution in [3.05, 3.63) is 12.2 Å². The molecule has 4 nitrogen and oxygen atoms in total. The topological polar surface area (TPSA) is 56.7 Å². The Hall–Kier alpha value is -0.900. The maximum atomic E-state index is 5.63. The molecule has 0 aromatic carbocycles. The van der Waals surface area contributed by atoms with E-state index in [9.17, 15) is 0 Å². The summed E-state index contributed by atoms with van der Waals surface area (Å²) in [6.07, 6.45) is 5.17. The highest BCUT2D eigenvalue weighted by Gasteiger charge is 2.15. The molecule has 0 bridgehead atoms. The second kappa shape index (κ2) is 3.23. The number of aryl methyl sites for hydroxylation is 2. The zero-order valence-electron chi connectivity index (χ0n) is 7.11. The normalized spacial score (nSPS) is 23.2. The molecule has 12 heavy (non-hydrogen) atoms. The van der Waals surface area contributed by atoms with E-state index < -0.39 is 0 Å². The van der Waals surface area contributed by atoms with Gasteiger partial charge in [-0.3, -0.25) is 0 Å². The van der Waals surface area contributed by atoms with E-state index in [-0.39, 0.29) is 0 Å². The maximum absolute atomic E-state index is 5.63. The molecule has 1 unspecified atom stereocenters. The SMILES string of the molecule is NCC1CCc2nncn2CC1. The number of hydrogen-bond acceptors (Lipinski definition) is 3. The summed E-state index contributed by atoms with van der Waals surface area (Å²) in [5.74, 6) is 1.79. The molecular formula is C8H14N4. The number of hydrogen-bond donors (Lipinski definition) is 1. The van der Waals surface area contributed by atoms with Crippen LogP contribution in [0.15, 0.2) is 6.33 Å². The Morgan fingerprint density at radius 2 is 2.50 bits per heavy atom. The zero-order valence-corrected chi connectivity index (χ0v) is 7.11. The lowest BCUT2D eigenvalue weighted by atomic mass is 10.0. The lowest BCUT2D eigenvalue weighted by molar-refractivity contribution is 0.455. The van der Waals surface area contributed by atoms with E-state index in [4.69, 9.17) is 5.73 Å². The Balaban J connectivity index is 2.10. The molecule has 4 heteroatoms. The van der Waals surface area contributed by atoms with Crippen molar-refractivity contribution in [3.8, 4) is 0 Å². The van der Waals surface area contributed by atoms with Crippen LogP contribution in [-0.4, -0.2) is 21.3 Å². The molecule has 1 atom stereocenters. The molecule has 0 spiro atoms. The van der Waals surface area contributed by atoms with Crippen molar-refractivity contribution in [2.24, 2.45) is 11.7 Å². The first-order valence-electron chi connectivity index (χ1n) is 4.47. The number of fused-ring (bicyclic) bond motifs is 1. The van der Waals surface area contributed by atoms with Gasteiger partial charge in [-0.2, -0.15) is 0 Å². The Kier molecular flexibility index (Phi) is 2.08. The van der Waals surface area contributed by atoms with E-state index in [0.717, 1.165) is 31.8 Å². The van der Waals surface area contributed by atoms with E-state index >= 15 is 0 Å². The molecule has 0 saturated carbocycles. The minimum Gasteiger partial charge on any atom is -0.330 e. The van der Waals surface area contributed by atoms with Crippen LogP contribution in [0.25, 0.3) is 0 Å². The fraction of sp³-hybridized carbons (Fsp3) is 0.750. The Morgan fingerprint density at radius 1 is 1.58 bits per heavy atom. The van der Waals surface area contributed by atoms with Gasteiger partial charge in [0.05, 0.1) is 0 Å². The molecule has 1 aromatic heterocycles. The minimum atomic E-state index is 0.673. The van der Waals surface area contributed by atoms with Gasteiger partial charge in [0.2, 0.25) is 0 Å². The highest BCUT2D eigenvalue weighted by molar-refractivity contribution is 4.89. The van der Waals surface area contributed by atoms with Gasteiger partial charge in [-0.05, 0) is 25.3 Å². The van der Waals surface area contributed by atoms with E-state index in [1.165, 1.54) is 6.42 Å². The molecule has 1 aliphatic heterocycles. The van der Waals surface area contributed by atoms with Gasteiger partial charge in [0.15, 0.2) is 0 Å². The standard InChI is InChI=1S/C8H14N4/c9-5-7-1-2-8-11-10-6-12(8)4-3-7/h6-7H,1-5,9H2. The fourth-order valence-corrected chi connectivity index (χ4v) is 1.69. The van der Waals surface area contributed by atoms with E-state index in [0.29, 0.717) is 5.92 Å². The number of nitrogens with zero attached hydrogens (tertiary/aromatic N) is 3. The van der Waals surface area contributed by atoms with Gasteiger partial charge in [0, 0.05) is 13.0 Å². The Labute approximate surface area is 71.8 Å². The van der Waals surface area contributed by atoms with Crippen LogP contribution in [0.2, 0.25) is 0 Å². The van der Waals surface area contributed by atoms with E-state index in [2.05, 4.69) is 14.8 Å². The van der Waals surface area contributed by atoms with Crippen LogP contribution in [0.1, 0.15) is 18.7 Å².